The minimum atomic E-state index is -1.07. The number of hydrogen-bond acceptors (Lipinski definition) is 2. The number of nitrogens with zero attached hydrogens (tertiary/aromatic N) is 1. The molecular formula is C16H20F2N2O. The van der Waals surface area contributed by atoms with Crippen molar-refractivity contribution in [2.75, 3.05) is 7.05 Å². The quantitative estimate of drug-likeness (QED) is 0.909. The topological polar surface area (TPSA) is 32.3 Å². The Labute approximate surface area is 123 Å². The lowest BCUT2D eigenvalue weighted by molar-refractivity contribution is 0.0462. The Morgan fingerprint density at radius 2 is 1.90 bits per heavy atom. The van der Waals surface area contributed by atoms with Gasteiger partial charge in [0.15, 0.2) is 11.6 Å². The molecule has 21 heavy (non-hydrogen) atoms. The molecule has 2 fully saturated rings. The lowest BCUT2D eigenvalue weighted by Gasteiger charge is -2.47. The second-order valence-electron chi connectivity index (χ2n) is 6.15. The number of carbonyl (C=O) groups excluding carboxylic acids is 1. The first kappa shape index (κ1) is 14.4. The number of nitrogens with one attached hydrogen (secondary N) is 1. The summed E-state index contributed by atoms with van der Waals surface area (Å²) in [4.78, 5) is 14.6. The maximum atomic E-state index is 13.7. The third kappa shape index (κ3) is 2.79. The third-order valence-corrected chi connectivity index (χ3v) is 4.87. The molecule has 0 saturated carbocycles. The summed E-state index contributed by atoms with van der Waals surface area (Å²) in [5.74, 6) is -2.56. The average Bonchev–Trinajstić information content (AvgIpc) is 2.43. The largest absolute Gasteiger partial charge is 0.349 e. The molecule has 2 bridgehead atoms. The van der Waals surface area contributed by atoms with Gasteiger partial charge in [0.25, 0.3) is 5.91 Å². The molecule has 2 atom stereocenters. The molecule has 0 aromatic heterocycles. The molecule has 3 rings (SSSR count). The van der Waals surface area contributed by atoms with Crippen LogP contribution in [-0.2, 0) is 0 Å². The van der Waals surface area contributed by atoms with Crippen LogP contribution in [0.1, 0.15) is 42.5 Å². The highest BCUT2D eigenvalue weighted by molar-refractivity contribution is 5.94. The molecule has 3 nitrogen and oxygen atoms in total. The molecule has 1 aromatic carbocycles. The molecule has 2 saturated heterocycles. The molecule has 1 N–H and O–H groups in total. The van der Waals surface area contributed by atoms with Crippen molar-refractivity contribution in [1.82, 2.24) is 10.2 Å². The van der Waals surface area contributed by atoms with Crippen molar-refractivity contribution in [2.45, 2.75) is 50.2 Å². The second-order valence-corrected chi connectivity index (χ2v) is 6.15. The minimum absolute atomic E-state index is 0.0478. The van der Waals surface area contributed by atoms with Crippen molar-refractivity contribution >= 4 is 5.91 Å². The van der Waals surface area contributed by atoms with E-state index in [-0.39, 0.29) is 11.6 Å². The van der Waals surface area contributed by atoms with Crippen molar-refractivity contribution in [3.8, 4) is 0 Å². The molecular weight excluding hydrogens is 274 g/mol. The zero-order valence-electron chi connectivity index (χ0n) is 12.1. The van der Waals surface area contributed by atoms with Gasteiger partial charge in [-0.1, -0.05) is 12.5 Å². The van der Waals surface area contributed by atoms with E-state index in [2.05, 4.69) is 17.3 Å². The summed E-state index contributed by atoms with van der Waals surface area (Å²) >= 11 is 0. The van der Waals surface area contributed by atoms with Gasteiger partial charge in [-0.2, -0.15) is 0 Å². The van der Waals surface area contributed by atoms with E-state index in [1.54, 1.807) is 0 Å². The molecule has 2 aliphatic rings. The van der Waals surface area contributed by atoms with E-state index in [4.69, 9.17) is 0 Å². The first-order valence-corrected chi connectivity index (χ1v) is 7.53. The van der Waals surface area contributed by atoms with Crippen molar-refractivity contribution < 1.29 is 13.6 Å². The Balaban J connectivity index is 1.69. The second kappa shape index (κ2) is 5.72. The highest BCUT2D eigenvalue weighted by atomic mass is 19.2. The van der Waals surface area contributed by atoms with Crippen molar-refractivity contribution in [2.24, 2.45) is 0 Å². The molecule has 1 aromatic rings. The van der Waals surface area contributed by atoms with Crippen LogP contribution in [0.3, 0.4) is 0 Å². The summed E-state index contributed by atoms with van der Waals surface area (Å²) in [7, 11) is 2.14. The molecule has 0 radical (unpaired) electrons. The van der Waals surface area contributed by atoms with Gasteiger partial charge in [0, 0.05) is 18.1 Å². The molecule has 0 aliphatic carbocycles. The predicted molar refractivity (Wildman–Crippen MR) is 76.0 cm³/mol. The molecule has 2 heterocycles. The highest BCUT2D eigenvalue weighted by Gasteiger charge is 2.36. The summed E-state index contributed by atoms with van der Waals surface area (Å²) in [6.07, 6.45) is 5.30. The fourth-order valence-corrected chi connectivity index (χ4v) is 3.68. The molecule has 2 unspecified atom stereocenters. The smallest absolute Gasteiger partial charge is 0.254 e. The first-order chi connectivity index (χ1) is 10.1. The number of hydrogen-bond donors (Lipinski definition) is 1. The monoisotopic (exact) mass is 294 g/mol. The Bertz CT molecular complexity index is 535. The maximum Gasteiger partial charge on any atom is 0.254 e. The highest BCUT2D eigenvalue weighted by Crippen LogP contribution is 2.32. The van der Waals surface area contributed by atoms with Gasteiger partial charge in [0.2, 0.25) is 0 Å². The first-order valence-electron chi connectivity index (χ1n) is 7.53. The summed E-state index contributed by atoms with van der Waals surface area (Å²) in [5.41, 5.74) is -0.209. The van der Waals surface area contributed by atoms with Crippen LogP contribution in [-0.4, -0.2) is 36.0 Å². The third-order valence-electron chi connectivity index (χ3n) is 4.87. The number of rotatable bonds is 2. The summed E-state index contributed by atoms with van der Waals surface area (Å²) in [6, 6.07) is 4.72. The van der Waals surface area contributed by atoms with E-state index in [0.717, 1.165) is 31.7 Å². The van der Waals surface area contributed by atoms with E-state index in [1.807, 2.05) is 0 Å². The SMILES string of the molecule is CN1C2CCCC1CC(NC(=O)c1cccc(F)c1F)C2. The van der Waals surface area contributed by atoms with Crippen LogP contribution in [0.4, 0.5) is 8.78 Å². The maximum absolute atomic E-state index is 13.7. The van der Waals surface area contributed by atoms with Crippen molar-refractivity contribution in [3.63, 3.8) is 0 Å². The normalized spacial score (nSPS) is 29.2. The lowest BCUT2D eigenvalue weighted by atomic mass is 9.82. The number of piperidine rings is 2. The van der Waals surface area contributed by atoms with E-state index in [0.29, 0.717) is 12.1 Å². The molecule has 5 heteroatoms. The number of benzene rings is 1. The number of halogens is 2. The van der Waals surface area contributed by atoms with E-state index < -0.39 is 17.5 Å². The van der Waals surface area contributed by atoms with Crippen LogP contribution in [0, 0.1) is 11.6 Å². The van der Waals surface area contributed by atoms with Gasteiger partial charge in [0.05, 0.1) is 5.56 Å². The molecule has 1 amide bonds. The lowest BCUT2D eigenvalue weighted by Crippen LogP contribution is -2.55. The van der Waals surface area contributed by atoms with Crippen LogP contribution in [0.25, 0.3) is 0 Å². The Kier molecular flexibility index (Phi) is 3.93. The fraction of sp³-hybridized carbons (Fsp3) is 0.562. The van der Waals surface area contributed by atoms with Gasteiger partial charge in [-0.25, -0.2) is 8.78 Å². The van der Waals surface area contributed by atoms with Crippen molar-refractivity contribution in [1.29, 1.82) is 0 Å². The van der Waals surface area contributed by atoms with Crippen molar-refractivity contribution in [3.05, 3.63) is 35.4 Å². The zero-order chi connectivity index (χ0) is 15.0. The Hall–Kier alpha value is -1.49. The molecule has 0 spiro atoms. The van der Waals surface area contributed by atoms with E-state index in [9.17, 15) is 13.6 Å². The van der Waals surface area contributed by atoms with Crippen LogP contribution < -0.4 is 5.32 Å². The van der Waals surface area contributed by atoms with E-state index in [1.165, 1.54) is 18.6 Å². The van der Waals surface area contributed by atoms with Crippen LogP contribution in [0.15, 0.2) is 18.2 Å². The number of carbonyl (C=O) groups is 1. The Morgan fingerprint density at radius 1 is 1.24 bits per heavy atom. The van der Waals surface area contributed by atoms with Gasteiger partial charge in [-0.3, -0.25) is 4.79 Å². The van der Waals surface area contributed by atoms with Crippen LogP contribution >= 0.6 is 0 Å². The number of fused-ring (bicyclic) bond motifs is 2. The van der Waals surface area contributed by atoms with Crippen LogP contribution in [0.2, 0.25) is 0 Å². The fourth-order valence-electron chi connectivity index (χ4n) is 3.68. The standard InChI is InChI=1S/C16H20F2N2O/c1-20-11-4-2-5-12(20)9-10(8-11)19-16(21)13-6-3-7-14(17)15(13)18/h3,6-7,10-12H,2,4-5,8-9H2,1H3,(H,19,21). The number of amides is 1. The average molecular weight is 294 g/mol. The van der Waals surface area contributed by atoms with Gasteiger partial charge in [-0.05, 0) is 44.9 Å². The van der Waals surface area contributed by atoms with Crippen LogP contribution in [0.5, 0.6) is 0 Å². The Morgan fingerprint density at radius 3 is 2.57 bits per heavy atom. The van der Waals surface area contributed by atoms with Gasteiger partial charge < -0.3 is 10.2 Å². The summed E-state index contributed by atoms with van der Waals surface area (Å²) in [5, 5.41) is 2.88. The molecule has 2 aliphatic heterocycles. The van der Waals surface area contributed by atoms with E-state index >= 15 is 0 Å². The van der Waals surface area contributed by atoms with Gasteiger partial charge in [0.1, 0.15) is 0 Å². The predicted octanol–water partition coefficient (Wildman–Crippen LogP) is 2.71. The molecule has 114 valence electrons. The zero-order valence-corrected chi connectivity index (χ0v) is 12.1. The summed E-state index contributed by atoms with van der Waals surface area (Å²) in [6.45, 7) is 0. The van der Waals surface area contributed by atoms with Gasteiger partial charge >= 0.3 is 0 Å². The summed E-state index contributed by atoms with van der Waals surface area (Å²) < 4.78 is 26.9. The van der Waals surface area contributed by atoms with Gasteiger partial charge in [-0.15, -0.1) is 0 Å². The minimum Gasteiger partial charge on any atom is -0.349 e.